The monoisotopic (exact) mass is 240 g/mol. The molecule has 0 spiro atoms. The van der Waals surface area contributed by atoms with Crippen molar-refractivity contribution in [3.8, 4) is 10.6 Å². The minimum Gasteiger partial charge on any atom is -0.268 e. The highest BCUT2D eigenvalue weighted by Gasteiger charge is 2.03. The maximum atomic E-state index is 4.58. The molecule has 84 valence electrons. The Morgan fingerprint density at radius 2 is 1.88 bits per heavy atom. The maximum Gasteiger partial charge on any atom is 0.102 e. The van der Waals surface area contributed by atoms with E-state index < -0.39 is 0 Å². The van der Waals surface area contributed by atoms with Gasteiger partial charge in [0.15, 0.2) is 0 Å². The summed E-state index contributed by atoms with van der Waals surface area (Å²) in [6, 6.07) is 16.6. The predicted octanol–water partition coefficient (Wildman–Crippen LogP) is 3.66. The van der Waals surface area contributed by atoms with Crippen molar-refractivity contribution in [2.45, 2.75) is 6.54 Å². The molecule has 0 unspecified atom stereocenters. The molecule has 1 aromatic carbocycles. The van der Waals surface area contributed by atoms with Gasteiger partial charge in [0.05, 0.1) is 11.4 Å². The van der Waals surface area contributed by atoms with Crippen molar-refractivity contribution in [3.05, 3.63) is 65.7 Å². The van der Waals surface area contributed by atoms with Gasteiger partial charge in [-0.2, -0.15) is 5.10 Å². The molecule has 0 saturated heterocycles. The molecule has 0 aliphatic heterocycles. The second-order valence-electron chi connectivity index (χ2n) is 3.86. The number of nitrogens with zero attached hydrogens (tertiary/aromatic N) is 2. The highest BCUT2D eigenvalue weighted by Crippen LogP contribution is 2.22. The van der Waals surface area contributed by atoms with Crippen LogP contribution in [0.5, 0.6) is 0 Å². The lowest BCUT2D eigenvalue weighted by molar-refractivity contribution is 0.689. The summed E-state index contributed by atoms with van der Waals surface area (Å²) in [5.41, 5.74) is 2.32. The summed E-state index contributed by atoms with van der Waals surface area (Å²) in [6.45, 7) is 0.826. The number of thiophene rings is 1. The van der Waals surface area contributed by atoms with E-state index in [9.17, 15) is 0 Å². The third-order valence-electron chi connectivity index (χ3n) is 2.60. The average Bonchev–Trinajstić information content (AvgIpc) is 3.00. The number of benzene rings is 1. The summed E-state index contributed by atoms with van der Waals surface area (Å²) < 4.78 is 1.98. The summed E-state index contributed by atoms with van der Waals surface area (Å²) in [5.74, 6) is 0. The molecule has 0 aliphatic carbocycles. The Balaban J connectivity index is 1.82. The molecule has 0 N–H and O–H groups in total. The maximum absolute atomic E-state index is 4.58. The Morgan fingerprint density at radius 3 is 2.65 bits per heavy atom. The zero-order valence-corrected chi connectivity index (χ0v) is 10.1. The van der Waals surface area contributed by atoms with Crippen LogP contribution in [0.4, 0.5) is 0 Å². The molecule has 0 amide bonds. The molecule has 0 fully saturated rings. The number of hydrogen-bond donors (Lipinski definition) is 0. The molecular formula is C14H12N2S. The zero-order valence-electron chi connectivity index (χ0n) is 9.28. The minimum absolute atomic E-state index is 0.826. The van der Waals surface area contributed by atoms with Gasteiger partial charge in [-0.05, 0) is 23.1 Å². The summed E-state index contributed by atoms with van der Waals surface area (Å²) in [4.78, 5) is 1.22. The molecule has 3 heteroatoms. The SMILES string of the molecule is c1ccc(Cn2ccc(-c3cccs3)n2)cc1. The quantitative estimate of drug-likeness (QED) is 0.683. The van der Waals surface area contributed by atoms with E-state index in [0.29, 0.717) is 0 Å². The van der Waals surface area contributed by atoms with E-state index >= 15 is 0 Å². The Labute approximate surface area is 104 Å². The van der Waals surface area contributed by atoms with Crippen LogP contribution in [-0.2, 0) is 6.54 Å². The summed E-state index contributed by atoms with van der Waals surface area (Å²) >= 11 is 1.72. The first kappa shape index (κ1) is 10.3. The summed E-state index contributed by atoms with van der Waals surface area (Å²) in [5, 5.41) is 6.65. The fourth-order valence-corrected chi connectivity index (χ4v) is 2.47. The molecule has 0 atom stereocenters. The molecule has 17 heavy (non-hydrogen) atoms. The van der Waals surface area contributed by atoms with E-state index in [1.54, 1.807) is 11.3 Å². The molecular weight excluding hydrogens is 228 g/mol. The first-order valence-electron chi connectivity index (χ1n) is 5.53. The highest BCUT2D eigenvalue weighted by molar-refractivity contribution is 7.13. The van der Waals surface area contributed by atoms with Crippen LogP contribution < -0.4 is 0 Å². The van der Waals surface area contributed by atoms with Crippen molar-refractivity contribution in [3.63, 3.8) is 0 Å². The van der Waals surface area contributed by atoms with Gasteiger partial charge in [-0.1, -0.05) is 36.4 Å². The van der Waals surface area contributed by atoms with Crippen LogP contribution in [0.3, 0.4) is 0 Å². The number of aromatic nitrogens is 2. The zero-order chi connectivity index (χ0) is 11.5. The van der Waals surface area contributed by atoms with Crippen LogP contribution in [0, 0.1) is 0 Å². The van der Waals surface area contributed by atoms with Crippen LogP contribution in [0.25, 0.3) is 10.6 Å². The second-order valence-corrected chi connectivity index (χ2v) is 4.81. The van der Waals surface area contributed by atoms with E-state index in [-0.39, 0.29) is 0 Å². The van der Waals surface area contributed by atoms with Crippen molar-refractivity contribution < 1.29 is 0 Å². The first-order chi connectivity index (χ1) is 8.42. The molecule has 2 aromatic heterocycles. The third kappa shape index (κ3) is 2.29. The van der Waals surface area contributed by atoms with Gasteiger partial charge in [-0.15, -0.1) is 11.3 Å². The molecule has 3 rings (SSSR count). The smallest absolute Gasteiger partial charge is 0.102 e. The van der Waals surface area contributed by atoms with Gasteiger partial charge in [-0.25, -0.2) is 0 Å². The van der Waals surface area contributed by atoms with Crippen LogP contribution in [0.15, 0.2) is 60.1 Å². The van der Waals surface area contributed by atoms with Gasteiger partial charge in [-0.3, -0.25) is 4.68 Å². The lowest BCUT2D eigenvalue weighted by Gasteiger charge is -2.00. The molecule has 0 saturated carbocycles. The fourth-order valence-electron chi connectivity index (χ4n) is 1.78. The summed E-state index contributed by atoms with van der Waals surface area (Å²) in [7, 11) is 0. The Morgan fingerprint density at radius 1 is 1.00 bits per heavy atom. The molecule has 0 radical (unpaired) electrons. The van der Waals surface area contributed by atoms with E-state index in [1.807, 2.05) is 16.9 Å². The predicted molar refractivity (Wildman–Crippen MR) is 71.1 cm³/mol. The van der Waals surface area contributed by atoms with Gasteiger partial charge in [0.2, 0.25) is 0 Å². The Kier molecular flexibility index (Phi) is 2.76. The molecule has 0 bridgehead atoms. The third-order valence-corrected chi connectivity index (χ3v) is 3.49. The van der Waals surface area contributed by atoms with Crippen LogP contribution in [0.1, 0.15) is 5.56 Å². The standard InChI is InChI=1S/C14H12N2S/c1-2-5-12(6-3-1)11-16-9-8-13(15-16)14-7-4-10-17-14/h1-10H,11H2. The van der Waals surface area contributed by atoms with E-state index in [4.69, 9.17) is 0 Å². The lowest BCUT2D eigenvalue weighted by Crippen LogP contribution is -1.99. The van der Waals surface area contributed by atoms with Gasteiger partial charge in [0, 0.05) is 6.20 Å². The number of rotatable bonds is 3. The second kappa shape index (κ2) is 4.55. The Bertz CT molecular complexity index is 582. The van der Waals surface area contributed by atoms with Crippen molar-refractivity contribution in [1.29, 1.82) is 0 Å². The minimum atomic E-state index is 0.826. The number of hydrogen-bond acceptors (Lipinski definition) is 2. The van der Waals surface area contributed by atoms with Gasteiger partial charge in [0.1, 0.15) is 5.69 Å². The summed E-state index contributed by atoms with van der Waals surface area (Å²) in [6.07, 6.45) is 2.03. The van der Waals surface area contributed by atoms with Crippen molar-refractivity contribution >= 4 is 11.3 Å². The van der Waals surface area contributed by atoms with E-state index in [1.165, 1.54) is 10.4 Å². The van der Waals surface area contributed by atoms with Gasteiger partial charge < -0.3 is 0 Å². The van der Waals surface area contributed by atoms with E-state index in [0.717, 1.165) is 12.2 Å². The highest BCUT2D eigenvalue weighted by atomic mass is 32.1. The molecule has 0 aliphatic rings. The van der Waals surface area contributed by atoms with Crippen LogP contribution in [0.2, 0.25) is 0 Å². The van der Waals surface area contributed by atoms with Gasteiger partial charge in [0.25, 0.3) is 0 Å². The topological polar surface area (TPSA) is 17.8 Å². The largest absolute Gasteiger partial charge is 0.268 e. The van der Waals surface area contributed by atoms with Crippen LogP contribution >= 0.6 is 11.3 Å². The molecule has 2 heterocycles. The molecule has 3 aromatic rings. The molecule has 2 nitrogen and oxygen atoms in total. The van der Waals surface area contributed by atoms with Gasteiger partial charge >= 0.3 is 0 Å². The Hall–Kier alpha value is -1.87. The van der Waals surface area contributed by atoms with Crippen molar-refractivity contribution in [1.82, 2.24) is 9.78 Å². The first-order valence-corrected chi connectivity index (χ1v) is 6.41. The van der Waals surface area contributed by atoms with Crippen molar-refractivity contribution in [2.75, 3.05) is 0 Å². The normalized spacial score (nSPS) is 10.6. The average molecular weight is 240 g/mol. The van der Waals surface area contributed by atoms with E-state index in [2.05, 4.69) is 52.9 Å². The van der Waals surface area contributed by atoms with Crippen molar-refractivity contribution in [2.24, 2.45) is 0 Å². The van der Waals surface area contributed by atoms with Crippen LogP contribution in [-0.4, -0.2) is 9.78 Å². The lowest BCUT2D eigenvalue weighted by atomic mass is 10.2. The fraction of sp³-hybridized carbons (Fsp3) is 0.0714.